The van der Waals surface area contributed by atoms with Gasteiger partial charge in [-0.2, -0.15) is 0 Å². The van der Waals surface area contributed by atoms with Crippen LogP contribution in [0.5, 0.6) is 0 Å². The number of hydrogen-bond donors (Lipinski definition) is 1. The molecule has 1 aromatic carbocycles. The SMILES string of the molecule is CC1CCC(C)N(c2cc(F)cc(F)c2N)C1. The fourth-order valence-electron chi connectivity index (χ4n) is 2.43. The maximum Gasteiger partial charge on any atom is 0.151 e. The molecule has 94 valence electrons. The van der Waals surface area contributed by atoms with Gasteiger partial charge in [0.25, 0.3) is 0 Å². The fraction of sp³-hybridized carbons (Fsp3) is 0.538. The highest BCUT2D eigenvalue weighted by Gasteiger charge is 2.25. The van der Waals surface area contributed by atoms with Gasteiger partial charge in [-0.05, 0) is 31.7 Å². The van der Waals surface area contributed by atoms with E-state index in [1.165, 1.54) is 6.07 Å². The van der Waals surface area contributed by atoms with Crippen molar-refractivity contribution in [3.8, 4) is 0 Å². The van der Waals surface area contributed by atoms with Crippen molar-refractivity contribution in [3.05, 3.63) is 23.8 Å². The first-order chi connectivity index (χ1) is 7.99. The topological polar surface area (TPSA) is 29.3 Å². The van der Waals surface area contributed by atoms with E-state index in [2.05, 4.69) is 13.8 Å². The van der Waals surface area contributed by atoms with Gasteiger partial charge in [-0.1, -0.05) is 6.92 Å². The van der Waals surface area contributed by atoms with Gasteiger partial charge in [-0.25, -0.2) is 8.78 Å². The number of hydrogen-bond acceptors (Lipinski definition) is 2. The van der Waals surface area contributed by atoms with Crippen LogP contribution in [0.2, 0.25) is 0 Å². The number of piperidine rings is 1. The first kappa shape index (κ1) is 12.1. The van der Waals surface area contributed by atoms with Crippen LogP contribution < -0.4 is 10.6 Å². The summed E-state index contributed by atoms with van der Waals surface area (Å²) in [6.07, 6.45) is 2.17. The molecule has 1 fully saturated rings. The van der Waals surface area contributed by atoms with Gasteiger partial charge < -0.3 is 10.6 Å². The average Bonchev–Trinajstić information content (AvgIpc) is 2.27. The maximum atomic E-state index is 13.4. The molecule has 0 saturated carbocycles. The van der Waals surface area contributed by atoms with Gasteiger partial charge >= 0.3 is 0 Å². The summed E-state index contributed by atoms with van der Waals surface area (Å²) in [4.78, 5) is 2.01. The second-order valence-corrected chi connectivity index (χ2v) is 5.00. The third-order valence-corrected chi connectivity index (χ3v) is 3.50. The lowest BCUT2D eigenvalue weighted by Gasteiger charge is -2.39. The summed E-state index contributed by atoms with van der Waals surface area (Å²) in [5, 5.41) is 0. The van der Waals surface area contributed by atoms with Crippen LogP contribution in [0.25, 0.3) is 0 Å². The number of anilines is 2. The van der Waals surface area contributed by atoms with Gasteiger partial charge in [0.1, 0.15) is 5.82 Å². The molecule has 1 aliphatic rings. The Morgan fingerprint density at radius 3 is 2.65 bits per heavy atom. The number of nitrogens with two attached hydrogens (primary N) is 1. The quantitative estimate of drug-likeness (QED) is 0.764. The molecule has 1 saturated heterocycles. The van der Waals surface area contributed by atoms with Crippen molar-refractivity contribution in [2.45, 2.75) is 32.7 Å². The number of rotatable bonds is 1. The van der Waals surface area contributed by atoms with Crippen LogP contribution in [0.3, 0.4) is 0 Å². The van der Waals surface area contributed by atoms with Crippen molar-refractivity contribution in [2.75, 3.05) is 17.2 Å². The first-order valence-electron chi connectivity index (χ1n) is 6.00. The molecule has 2 rings (SSSR count). The summed E-state index contributed by atoms with van der Waals surface area (Å²) in [7, 11) is 0. The van der Waals surface area contributed by atoms with Crippen LogP contribution in [0.15, 0.2) is 12.1 Å². The summed E-state index contributed by atoms with van der Waals surface area (Å²) in [6, 6.07) is 2.43. The number of halogens is 2. The van der Waals surface area contributed by atoms with Crippen LogP contribution in [0, 0.1) is 17.6 Å². The normalized spacial score (nSPS) is 25.1. The van der Waals surface area contributed by atoms with Crippen LogP contribution >= 0.6 is 0 Å². The molecule has 2 atom stereocenters. The van der Waals surface area contributed by atoms with Crippen LogP contribution in [0.1, 0.15) is 26.7 Å². The molecule has 0 aromatic heterocycles. The summed E-state index contributed by atoms with van der Waals surface area (Å²) in [6.45, 7) is 5.01. The molecule has 2 unspecified atom stereocenters. The minimum absolute atomic E-state index is 0.0485. The Labute approximate surface area is 100 Å². The molecule has 1 aliphatic heterocycles. The minimum atomic E-state index is -0.676. The summed E-state index contributed by atoms with van der Waals surface area (Å²) >= 11 is 0. The Balaban J connectivity index is 2.38. The van der Waals surface area contributed by atoms with E-state index in [0.29, 0.717) is 11.6 Å². The lowest BCUT2D eigenvalue weighted by molar-refractivity contribution is 0.390. The molecule has 0 aliphatic carbocycles. The van der Waals surface area contributed by atoms with Crippen molar-refractivity contribution in [3.63, 3.8) is 0 Å². The molecule has 17 heavy (non-hydrogen) atoms. The molecule has 0 bridgehead atoms. The van der Waals surface area contributed by atoms with Gasteiger partial charge in [0.05, 0.1) is 11.4 Å². The van der Waals surface area contributed by atoms with Gasteiger partial charge in [0.2, 0.25) is 0 Å². The third-order valence-electron chi connectivity index (χ3n) is 3.50. The third kappa shape index (κ3) is 2.35. The van der Waals surface area contributed by atoms with Crippen molar-refractivity contribution >= 4 is 11.4 Å². The van der Waals surface area contributed by atoms with E-state index in [9.17, 15) is 8.78 Å². The van der Waals surface area contributed by atoms with Crippen molar-refractivity contribution in [1.82, 2.24) is 0 Å². The fourth-order valence-corrected chi connectivity index (χ4v) is 2.43. The van der Waals surface area contributed by atoms with Crippen molar-refractivity contribution in [2.24, 2.45) is 5.92 Å². The molecule has 2 N–H and O–H groups in total. The molecular formula is C13H18F2N2. The Kier molecular flexibility index (Phi) is 3.22. The Hall–Kier alpha value is -1.32. The zero-order valence-corrected chi connectivity index (χ0v) is 10.2. The second-order valence-electron chi connectivity index (χ2n) is 5.00. The molecule has 1 aromatic rings. The lowest BCUT2D eigenvalue weighted by Crippen LogP contribution is -2.41. The van der Waals surface area contributed by atoms with E-state index < -0.39 is 11.6 Å². The van der Waals surface area contributed by atoms with Gasteiger partial charge in [0, 0.05) is 18.7 Å². The van der Waals surface area contributed by atoms with Crippen LogP contribution in [-0.2, 0) is 0 Å². The highest BCUT2D eigenvalue weighted by atomic mass is 19.1. The summed E-state index contributed by atoms with van der Waals surface area (Å²) in [5.74, 6) is -0.723. The molecule has 0 amide bonds. The highest BCUT2D eigenvalue weighted by molar-refractivity contribution is 5.68. The Morgan fingerprint density at radius 1 is 1.24 bits per heavy atom. The lowest BCUT2D eigenvalue weighted by atomic mass is 9.94. The second kappa shape index (κ2) is 4.51. The van der Waals surface area contributed by atoms with Crippen LogP contribution in [-0.4, -0.2) is 12.6 Å². The van der Waals surface area contributed by atoms with E-state index in [1.54, 1.807) is 0 Å². The van der Waals surface area contributed by atoms with Crippen LogP contribution in [0.4, 0.5) is 20.2 Å². The Bertz CT molecular complexity index is 420. The minimum Gasteiger partial charge on any atom is -0.395 e. The molecule has 0 radical (unpaired) electrons. The van der Waals surface area contributed by atoms with Crippen molar-refractivity contribution < 1.29 is 8.78 Å². The summed E-state index contributed by atoms with van der Waals surface area (Å²) < 4.78 is 26.7. The maximum absolute atomic E-state index is 13.4. The predicted octanol–water partition coefficient (Wildman–Crippen LogP) is 3.17. The number of benzene rings is 1. The zero-order valence-electron chi connectivity index (χ0n) is 10.2. The zero-order chi connectivity index (χ0) is 12.6. The molecule has 1 heterocycles. The predicted molar refractivity (Wildman–Crippen MR) is 66.0 cm³/mol. The van der Waals surface area contributed by atoms with E-state index in [0.717, 1.165) is 25.5 Å². The first-order valence-corrected chi connectivity index (χ1v) is 6.00. The highest BCUT2D eigenvalue weighted by Crippen LogP contribution is 2.33. The van der Waals surface area contributed by atoms with E-state index >= 15 is 0 Å². The number of nitrogens with zero attached hydrogens (tertiary/aromatic N) is 1. The molecule has 0 spiro atoms. The largest absolute Gasteiger partial charge is 0.395 e. The monoisotopic (exact) mass is 240 g/mol. The van der Waals surface area contributed by atoms with Crippen molar-refractivity contribution in [1.29, 1.82) is 0 Å². The van der Waals surface area contributed by atoms with E-state index in [1.807, 2.05) is 4.90 Å². The molecule has 2 nitrogen and oxygen atoms in total. The smallest absolute Gasteiger partial charge is 0.151 e. The number of nitrogen functional groups attached to an aromatic ring is 1. The Morgan fingerprint density at radius 2 is 1.94 bits per heavy atom. The average molecular weight is 240 g/mol. The van der Waals surface area contributed by atoms with E-state index in [-0.39, 0.29) is 11.7 Å². The molecular weight excluding hydrogens is 222 g/mol. The summed E-state index contributed by atoms with van der Waals surface area (Å²) in [5.41, 5.74) is 6.24. The van der Waals surface area contributed by atoms with Gasteiger partial charge in [-0.15, -0.1) is 0 Å². The van der Waals surface area contributed by atoms with Gasteiger partial charge in [0.15, 0.2) is 5.82 Å². The van der Waals surface area contributed by atoms with E-state index in [4.69, 9.17) is 5.73 Å². The molecule has 4 heteroatoms. The van der Waals surface area contributed by atoms with Gasteiger partial charge in [-0.3, -0.25) is 0 Å². The standard InChI is InChI=1S/C13H18F2N2/c1-8-3-4-9(2)17(7-8)12-6-10(14)5-11(15)13(12)16/h5-6,8-9H,3-4,7,16H2,1-2H3.